The van der Waals surface area contributed by atoms with E-state index in [-0.39, 0.29) is 11.4 Å². The van der Waals surface area contributed by atoms with Crippen LogP contribution in [0.2, 0.25) is 0 Å². The van der Waals surface area contributed by atoms with Crippen molar-refractivity contribution in [2.45, 2.75) is 32.8 Å². The molecule has 0 aliphatic carbocycles. The van der Waals surface area contributed by atoms with Crippen LogP contribution < -0.4 is 5.32 Å². The topological polar surface area (TPSA) is 38.3 Å². The smallest absolute Gasteiger partial charge is 0.313 e. The molecule has 1 heterocycles. The lowest BCUT2D eigenvalue weighted by molar-refractivity contribution is -0.158. The SMILES string of the molecule is CCC1(C(=O)OCc2cccc(Br)c2)CCCNC1. The summed E-state index contributed by atoms with van der Waals surface area (Å²) in [4.78, 5) is 12.3. The molecule has 0 saturated carbocycles. The van der Waals surface area contributed by atoms with E-state index in [2.05, 4.69) is 28.2 Å². The zero-order chi connectivity index (χ0) is 13.7. The number of rotatable bonds is 4. The van der Waals surface area contributed by atoms with E-state index >= 15 is 0 Å². The minimum absolute atomic E-state index is 0.0674. The van der Waals surface area contributed by atoms with Gasteiger partial charge in [-0.2, -0.15) is 0 Å². The highest BCUT2D eigenvalue weighted by atomic mass is 79.9. The van der Waals surface area contributed by atoms with Crippen LogP contribution in [0.1, 0.15) is 31.7 Å². The summed E-state index contributed by atoms with van der Waals surface area (Å²) in [5.41, 5.74) is 0.683. The van der Waals surface area contributed by atoms with E-state index in [4.69, 9.17) is 4.74 Å². The first-order valence-electron chi connectivity index (χ1n) is 6.79. The van der Waals surface area contributed by atoms with Crippen molar-refractivity contribution in [3.63, 3.8) is 0 Å². The Hall–Kier alpha value is -0.870. The summed E-state index contributed by atoms with van der Waals surface area (Å²) in [6.07, 6.45) is 2.80. The van der Waals surface area contributed by atoms with Gasteiger partial charge in [0, 0.05) is 11.0 Å². The Labute approximate surface area is 122 Å². The standard InChI is InChI=1S/C15H20BrNO2/c1-2-15(7-4-8-17-11-15)14(18)19-10-12-5-3-6-13(16)9-12/h3,5-6,9,17H,2,4,7-8,10-11H2,1H3. The summed E-state index contributed by atoms with van der Waals surface area (Å²) in [7, 11) is 0. The predicted octanol–water partition coefficient (Wildman–Crippen LogP) is 3.27. The lowest BCUT2D eigenvalue weighted by Crippen LogP contribution is -2.45. The van der Waals surface area contributed by atoms with E-state index in [0.29, 0.717) is 6.61 Å². The normalized spacial score (nSPS) is 23.1. The van der Waals surface area contributed by atoms with Crippen molar-refractivity contribution >= 4 is 21.9 Å². The number of carbonyl (C=O) groups is 1. The van der Waals surface area contributed by atoms with Crippen LogP contribution in [0, 0.1) is 5.41 Å². The van der Waals surface area contributed by atoms with Gasteiger partial charge in [0.15, 0.2) is 0 Å². The van der Waals surface area contributed by atoms with Crippen LogP contribution in [0.4, 0.5) is 0 Å². The van der Waals surface area contributed by atoms with Crippen molar-refractivity contribution < 1.29 is 9.53 Å². The lowest BCUT2D eigenvalue weighted by atomic mass is 9.78. The van der Waals surface area contributed by atoms with Gasteiger partial charge >= 0.3 is 5.97 Å². The van der Waals surface area contributed by atoms with Crippen molar-refractivity contribution in [1.82, 2.24) is 5.32 Å². The van der Waals surface area contributed by atoms with Gasteiger partial charge in [-0.1, -0.05) is 35.0 Å². The first-order valence-corrected chi connectivity index (χ1v) is 7.58. The Morgan fingerprint density at radius 2 is 2.37 bits per heavy atom. The number of piperidine rings is 1. The quantitative estimate of drug-likeness (QED) is 0.863. The molecule has 19 heavy (non-hydrogen) atoms. The molecule has 1 aromatic carbocycles. The van der Waals surface area contributed by atoms with Crippen LogP contribution in [0.15, 0.2) is 28.7 Å². The monoisotopic (exact) mass is 325 g/mol. The van der Waals surface area contributed by atoms with Crippen LogP contribution in [-0.2, 0) is 16.1 Å². The van der Waals surface area contributed by atoms with Crippen molar-refractivity contribution in [2.24, 2.45) is 5.41 Å². The maximum Gasteiger partial charge on any atom is 0.313 e. The maximum atomic E-state index is 12.3. The predicted molar refractivity (Wildman–Crippen MR) is 78.8 cm³/mol. The van der Waals surface area contributed by atoms with Gasteiger partial charge in [-0.15, -0.1) is 0 Å². The lowest BCUT2D eigenvalue weighted by Gasteiger charge is -2.34. The molecule has 1 N–H and O–H groups in total. The molecule has 0 radical (unpaired) electrons. The summed E-state index contributed by atoms with van der Waals surface area (Å²) < 4.78 is 6.52. The minimum Gasteiger partial charge on any atom is -0.460 e. The Morgan fingerprint density at radius 1 is 1.53 bits per heavy atom. The van der Waals surface area contributed by atoms with Crippen LogP contribution in [0.25, 0.3) is 0 Å². The van der Waals surface area contributed by atoms with E-state index in [9.17, 15) is 4.79 Å². The zero-order valence-electron chi connectivity index (χ0n) is 11.2. The minimum atomic E-state index is -0.329. The summed E-state index contributed by atoms with van der Waals surface area (Å²) >= 11 is 3.42. The fraction of sp³-hybridized carbons (Fsp3) is 0.533. The fourth-order valence-corrected chi connectivity index (χ4v) is 2.96. The van der Waals surface area contributed by atoms with Crippen molar-refractivity contribution in [3.8, 4) is 0 Å². The fourth-order valence-electron chi connectivity index (χ4n) is 2.52. The molecule has 0 bridgehead atoms. The molecule has 1 atom stereocenters. The number of ether oxygens (including phenoxy) is 1. The number of halogens is 1. The van der Waals surface area contributed by atoms with Crippen LogP contribution >= 0.6 is 15.9 Å². The Bertz CT molecular complexity index is 442. The molecule has 0 amide bonds. The Balaban J connectivity index is 1.96. The molecule has 1 aromatic rings. The highest BCUT2D eigenvalue weighted by Gasteiger charge is 2.39. The maximum absolute atomic E-state index is 12.3. The molecule has 0 aromatic heterocycles. The summed E-state index contributed by atoms with van der Waals surface area (Å²) in [5.74, 6) is -0.0674. The molecular weight excluding hydrogens is 306 g/mol. The second kappa shape index (κ2) is 6.53. The third kappa shape index (κ3) is 3.57. The van der Waals surface area contributed by atoms with Gasteiger partial charge in [-0.3, -0.25) is 4.79 Å². The van der Waals surface area contributed by atoms with Crippen LogP contribution in [0.3, 0.4) is 0 Å². The molecule has 1 aliphatic rings. The van der Waals surface area contributed by atoms with E-state index in [0.717, 1.165) is 42.4 Å². The molecule has 104 valence electrons. The van der Waals surface area contributed by atoms with Gasteiger partial charge in [0.05, 0.1) is 5.41 Å². The van der Waals surface area contributed by atoms with Crippen LogP contribution in [-0.4, -0.2) is 19.1 Å². The van der Waals surface area contributed by atoms with Crippen molar-refractivity contribution in [1.29, 1.82) is 0 Å². The number of esters is 1. The first kappa shape index (κ1) is 14.5. The van der Waals surface area contributed by atoms with Gasteiger partial charge in [-0.05, 0) is 43.5 Å². The van der Waals surface area contributed by atoms with Gasteiger partial charge < -0.3 is 10.1 Å². The van der Waals surface area contributed by atoms with Gasteiger partial charge in [0.25, 0.3) is 0 Å². The van der Waals surface area contributed by atoms with E-state index in [1.54, 1.807) is 0 Å². The number of carbonyl (C=O) groups excluding carboxylic acids is 1. The number of nitrogens with one attached hydrogen (secondary N) is 1. The summed E-state index contributed by atoms with van der Waals surface area (Å²) in [6, 6.07) is 7.86. The number of hydrogen-bond donors (Lipinski definition) is 1. The molecule has 1 unspecified atom stereocenters. The molecule has 1 saturated heterocycles. The molecule has 1 aliphatic heterocycles. The van der Waals surface area contributed by atoms with E-state index < -0.39 is 0 Å². The summed E-state index contributed by atoms with van der Waals surface area (Å²) in [6.45, 7) is 4.15. The third-order valence-electron chi connectivity index (χ3n) is 3.84. The highest BCUT2D eigenvalue weighted by Crippen LogP contribution is 2.31. The molecule has 0 spiro atoms. The van der Waals surface area contributed by atoms with Crippen LogP contribution in [0.5, 0.6) is 0 Å². The molecule has 1 fully saturated rings. The summed E-state index contributed by atoms with van der Waals surface area (Å²) in [5, 5.41) is 3.31. The molecule has 4 heteroatoms. The molecule has 2 rings (SSSR count). The second-order valence-electron chi connectivity index (χ2n) is 5.12. The Kier molecular flexibility index (Phi) is 4.99. The zero-order valence-corrected chi connectivity index (χ0v) is 12.8. The second-order valence-corrected chi connectivity index (χ2v) is 6.04. The average molecular weight is 326 g/mol. The third-order valence-corrected chi connectivity index (χ3v) is 4.33. The van der Waals surface area contributed by atoms with E-state index in [1.165, 1.54) is 0 Å². The van der Waals surface area contributed by atoms with Crippen molar-refractivity contribution in [3.05, 3.63) is 34.3 Å². The highest BCUT2D eigenvalue weighted by molar-refractivity contribution is 9.10. The van der Waals surface area contributed by atoms with Crippen molar-refractivity contribution in [2.75, 3.05) is 13.1 Å². The molecular formula is C15H20BrNO2. The van der Waals surface area contributed by atoms with Gasteiger partial charge in [0.2, 0.25) is 0 Å². The Morgan fingerprint density at radius 3 is 3.00 bits per heavy atom. The number of hydrogen-bond acceptors (Lipinski definition) is 3. The largest absolute Gasteiger partial charge is 0.460 e. The number of benzene rings is 1. The van der Waals surface area contributed by atoms with Gasteiger partial charge in [-0.25, -0.2) is 0 Å². The first-order chi connectivity index (χ1) is 9.16. The molecule has 3 nitrogen and oxygen atoms in total. The van der Waals surface area contributed by atoms with Gasteiger partial charge in [0.1, 0.15) is 6.61 Å². The van der Waals surface area contributed by atoms with E-state index in [1.807, 2.05) is 24.3 Å². The average Bonchev–Trinajstić information content (AvgIpc) is 2.45.